The number of rotatable bonds is 3. The molecule has 4 heteroatoms. The Morgan fingerprint density at radius 1 is 1.24 bits per heavy atom. The van der Waals surface area contributed by atoms with E-state index in [1.165, 1.54) is 6.42 Å². The van der Waals surface area contributed by atoms with Gasteiger partial charge in [-0.2, -0.15) is 0 Å². The Bertz CT molecular complexity index is 683. The Balaban J connectivity index is 1.56. The number of fused-ring (bicyclic) bond motifs is 4. The highest BCUT2D eigenvalue weighted by atomic mass is 79.9. The minimum absolute atomic E-state index is 0.0390. The smallest absolute Gasteiger partial charge is 0.317 e. The standard InChI is InChI=1S/C21H30BrNO2/c1-13-18(2,3)15-7-9-21(13,11-15)17(24)25-23-16-10-14-6-8-19(16,4)20(14,5)12-22/h14-15H,1,6-12H2,2-5H3. The summed E-state index contributed by atoms with van der Waals surface area (Å²) < 4.78 is 0. The van der Waals surface area contributed by atoms with E-state index in [1.807, 2.05) is 0 Å². The summed E-state index contributed by atoms with van der Waals surface area (Å²) in [6, 6.07) is 0. The van der Waals surface area contributed by atoms with Crippen LogP contribution in [0.1, 0.15) is 66.2 Å². The van der Waals surface area contributed by atoms with Crippen LogP contribution in [-0.4, -0.2) is 17.0 Å². The first-order chi connectivity index (χ1) is 11.6. The fourth-order valence-corrected chi connectivity index (χ4v) is 7.54. The molecular weight excluding hydrogens is 378 g/mol. The van der Waals surface area contributed by atoms with Crippen molar-refractivity contribution in [3.63, 3.8) is 0 Å². The Labute approximate surface area is 159 Å². The van der Waals surface area contributed by atoms with Crippen molar-refractivity contribution in [2.75, 3.05) is 5.33 Å². The maximum absolute atomic E-state index is 13.0. The van der Waals surface area contributed by atoms with Gasteiger partial charge in [0.25, 0.3) is 0 Å². The van der Waals surface area contributed by atoms with E-state index >= 15 is 0 Å². The second-order valence-corrected chi connectivity index (χ2v) is 10.5. The van der Waals surface area contributed by atoms with Crippen LogP contribution in [0.15, 0.2) is 17.3 Å². The van der Waals surface area contributed by atoms with Crippen LogP contribution in [0.3, 0.4) is 0 Å². The van der Waals surface area contributed by atoms with Gasteiger partial charge in [-0.15, -0.1) is 0 Å². The third-order valence-corrected chi connectivity index (χ3v) is 10.2. The molecule has 3 nitrogen and oxygen atoms in total. The van der Waals surface area contributed by atoms with Crippen LogP contribution in [-0.2, 0) is 9.63 Å². The molecule has 5 atom stereocenters. The van der Waals surface area contributed by atoms with E-state index < -0.39 is 5.41 Å². The molecule has 0 radical (unpaired) electrons. The molecule has 4 aliphatic carbocycles. The number of alkyl halides is 1. The molecule has 0 aromatic heterocycles. The van der Waals surface area contributed by atoms with Crippen molar-refractivity contribution in [2.24, 2.45) is 38.7 Å². The minimum Gasteiger partial charge on any atom is -0.317 e. The van der Waals surface area contributed by atoms with E-state index in [0.717, 1.165) is 48.7 Å². The van der Waals surface area contributed by atoms with Gasteiger partial charge in [-0.3, -0.25) is 0 Å². The van der Waals surface area contributed by atoms with Crippen LogP contribution < -0.4 is 0 Å². The predicted octanol–water partition coefficient (Wildman–Crippen LogP) is 5.49. The zero-order valence-corrected chi connectivity index (χ0v) is 17.5. The number of oxime groups is 1. The van der Waals surface area contributed by atoms with Crippen LogP contribution in [0.2, 0.25) is 0 Å². The Morgan fingerprint density at radius 2 is 1.92 bits per heavy atom. The van der Waals surface area contributed by atoms with Crippen molar-refractivity contribution in [1.29, 1.82) is 0 Å². The van der Waals surface area contributed by atoms with Gasteiger partial charge in [-0.1, -0.05) is 60.9 Å². The number of hydrogen-bond acceptors (Lipinski definition) is 3. The van der Waals surface area contributed by atoms with E-state index in [9.17, 15) is 4.79 Å². The second kappa shape index (κ2) is 5.21. The van der Waals surface area contributed by atoms with Gasteiger partial charge in [0.05, 0.1) is 11.1 Å². The summed E-state index contributed by atoms with van der Waals surface area (Å²) in [6.45, 7) is 13.4. The number of nitrogens with zero attached hydrogens (tertiary/aromatic N) is 1. The molecule has 0 aliphatic heterocycles. The lowest BCUT2D eigenvalue weighted by Gasteiger charge is -2.37. The van der Waals surface area contributed by atoms with E-state index in [-0.39, 0.29) is 22.2 Å². The maximum Gasteiger partial charge on any atom is 0.345 e. The van der Waals surface area contributed by atoms with Crippen molar-refractivity contribution in [1.82, 2.24) is 0 Å². The van der Waals surface area contributed by atoms with Gasteiger partial charge in [0.1, 0.15) is 0 Å². The van der Waals surface area contributed by atoms with Gasteiger partial charge in [-0.05, 0) is 61.2 Å². The van der Waals surface area contributed by atoms with E-state index in [2.05, 4.69) is 55.4 Å². The summed E-state index contributed by atoms with van der Waals surface area (Å²) in [5.74, 6) is 1.03. The number of halogens is 1. The molecule has 0 spiro atoms. The highest BCUT2D eigenvalue weighted by Gasteiger charge is 2.64. The summed E-state index contributed by atoms with van der Waals surface area (Å²) in [4.78, 5) is 18.6. The lowest BCUT2D eigenvalue weighted by molar-refractivity contribution is -0.153. The number of carbonyl (C=O) groups is 1. The van der Waals surface area contributed by atoms with Crippen molar-refractivity contribution in [2.45, 2.75) is 66.2 Å². The van der Waals surface area contributed by atoms with E-state index in [0.29, 0.717) is 11.8 Å². The van der Waals surface area contributed by atoms with Gasteiger partial charge in [0, 0.05) is 10.7 Å². The topological polar surface area (TPSA) is 38.7 Å². The Kier molecular flexibility index (Phi) is 3.70. The first-order valence-corrected chi connectivity index (χ1v) is 10.8. The number of hydrogen-bond donors (Lipinski definition) is 0. The lowest BCUT2D eigenvalue weighted by Crippen LogP contribution is -2.37. The van der Waals surface area contributed by atoms with Crippen molar-refractivity contribution in [3.8, 4) is 0 Å². The fraction of sp³-hybridized carbons (Fsp3) is 0.810. The van der Waals surface area contributed by atoms with E-state index in [4.69, 9.17) is 4.84 Å². The Morgan fingerprint density at radius 3 is 2.48 bits per heavy atom. The fourth-order valence-electron chi connectivity index (χ4n) is 6.46. The van der Waals surface area contributed by atoms with Crippen molar-refractivity contribution < 1.29 is 9.63 Å². The van der Waals surface area contributed by atoms with Crippen LogP contribution in [0, 0.1) is 33.5 Å². The molecule has 138 valence electrons. The lowest BCUT2D eigenvalue weighted by atomic mass is 9.68. The van der Waals surface area contributed by atoms with Crippen LogP contribution in [0.25, 0.3) is 0 Å². The van der Waals surface area contributed by atoms with Crippen molar-refractivity contribution in [3.05, 3.63) is 12.2 Å². The van der Waals surface area contributed by atoms with Crippen LogP contribution >= 0.6 is 15.9 Å². The van der Waals surface area contributed by atoms with Gasteiger partial charge in [-0.25, -0.2) is 4.79 Å². The van der Waals surface area contributed by atoms with Crippen LogP contribution in [0.4, 0.5) is 0 Å². The van der Waals surface area contributed by atoms with Crippen molar-refractivity contribution >= 4 is 27.6 Å². The third kappa shape index (κ3) is 1.98. The molecule has 25 heavy (non-hydrogen) atoms. The summed E-state index contributed by atoms with van der Waals surface area (Å²) in [7, 11) is 0. The molecule has 0 N–H and O–H groups in total. The molecule has 0 amide bonds. The summed E-state index contributed by atoms with van der Waals surface area (Å²) in [6.07, 6.45) is 6.22. The van der Waals surface area contributed by atoms with Gasteiger partial charge in [0.15, 0.2) is 0 Å². The quantitative estimate of drug-likeness (QED) is 0.268. The SMILES string of the molecule is C=C1C2(C(=O)ON=C3CC4CCC3(C)C4(C)CBr)CCC(C2)C1(C)C. The minimum atomic E-state index is -0.491. The molecule has 4 saturated carbocycles. The molecule has 0 aromatic carbocycles. The molecule has 4 bridgehead atoms. The highest BCUT2D eigenvalue weighted by molar-refractivity contribution is 9.09. The van der Waals surface area contributed by atoms with E-state index in [1.54, 1.807) is 0 Å². The third-order valence-electron chi connectivity index (χ3n) is 9.03. The Hall–Kier alpha value is -0.640. The molecular formula is C21H30BrNO2. The first kappa shape index (κ1) is 17.8. The van der Waals surface area contributed by atoms with Gasteiger partial charge in [0.2, 0.25) is 0 Å². The summed E-state index contributed by atoms with van der Waals surface area (Å²) in [5.41, 5.74) is 1.96. The molecule has 0 aromatic rings. The maximum atomic E-state index is 13.0. The molecule has 5 unspecified atom stereocenters. The molecule has 4 aliphatic rings. The monoisotopic (exact) mass is 407 g/mol. The second-order valence-electron chi connectivity index (χ2n) is 9.96. The molecule has 0 saturated heterocycles. The summed E-state index contributed by atoms with van der Waals surface area (Å²) in [5, 5.41) is 5.44. The largest absolute Gasteiger partial charge is 0.345 e. The average molecular weight is 408 g/mol. The highest BCUT2D eigenvalue weighted by Crippen LogP contribution is 2.67. The predicted molar refractivity (Wildman–Crippen MR) is 104 cm³/mol. The summed E-state index contributed by atoms with van der Waals surface area (Å²) >= 11 is 3.72. The average Bonchev–Trinajstić information content (AvgIpc) is 3.24. The zero-order valence-electron chi connectivity index (χ0n) is 16.0. The van der Waals surface area contributed by atoms with Crippen LogP contribution in [0.5, 0.6) is 0 Å². The normalized spacial score (nSPS) is 48.5. The number of carbonyl (C=O) groups excluding carboxylic acids is 1. The van der Waals surface area contributed by atoms with Gasteiger partial charge < -0.3 is 4.84 Å². The molecule has 0 heterocycles. The first-order valence-electron chi connectivity index (χ1n) is 9.66. The molecule has 4 fully saturated rings. The van der Waals surface area contributed by atoms with Gasteiger partial charge >= 0.3 is 5.97 Å². The molecule has 4 rings (SSSR count). The zero-order chi connectivity index (χ0) is 18.3.